The van der Waals surface area contributed by atoms with Crippen LogP contribution in [-0.4, -0.2) is 41.8 Å². The van der Waals surface area contributed by atoms with Gasteiger partial charge in [-0.15, -0.1) is 11.8 Å². The van der Waals surface area contributed by atoms with Crippen LogP contribution < -0.4 is 11.1 Å². The molecule has 7 heteroatoms. The Hall–Kier alpha value is -2.51. The normalized spacial score (nSPS) is 11.2. The smallest absolute Gasteiger partial charge is 0.408 e. The Morgan fingerprint density at radius 1 is 1.19 bits per heavy atom. The molecular formula is C19H21N3O3S. The van der Waals surface area contributed by atoms with Crippen LogP contribution in [0.1, 0.15) is 0 Å². The Kier molecular flexibility index (Phi) is 5.80. The third-order valence-corrected chi connectivity index (χ3v) is 4.87. The van der Waals surface area contributed by atoms with Gasteiger partial charge in [-0.05, 0) is 37.6 Å². The van der Waals surface area contributed by atoms with E-state index in [9.17, 15) is 9.59 Å². The number of hydrogen-bond acceptors (Lipinski definition) is 5. The van der Waals surface area contributed by atoms with Gasteiger partial charge in [0.2, 0.25) is 5.91 Å². The molecule has 0 spiro atoms. The third kappa shape index (κ3) is 4.17. The highest BCUT2D eigenvalue weighted by Gasteiger charge is 2.12. The Morgan fingerprint density at radius 2 is 1.92 bits per heavy atom. The lowest BCUT2D eigenvalue weighted by atomic mass is 10.3. The van der Waals surface area contributed by atoms with Crippen molar-refractivity contribution < 1.29 is 9.21 Å². The van der Waals surface area contributed by atoms with Crippen LogP contribution in [0.5, 0.6) is 0 Å². The Morgan fingerprint density at radius 3 is 2.73 bits per heavy atom. The van der Waals surface area contributed by atoms with Gasteiger partial charge in [0.15, 0.2) is 5.58 Å². The van der Waals surface area contributed by atoms with E-state index in [-0.39, 0.29) is 18.2 Å². The molecule has 6 nitrogen and oxygen atoms in total. The van der Waals surface area contributed by atoms with Crippen molar-refractivity contribution in [1.29, 1.82) is 0 Å². The van der Waals surface area contributed by atoms with Gasteiger partial charge >= 0.3 is 5.76 Å². The summed E-state index contributed by atoms with van der Waals surface area (Å²) >= 11 is 1.59. The highest BCUT2D eigenvalue weighted by Crippen LogP contribution is 2.24. The van der Waals surface area contributed by atoms with Crippen molar-refractivity contribution >= 4 is 34.5 Å². The number of fused-ring (bicyclic) bond motifs is 1. The van der Waals surface area contributed by atoms with E-state index in [1.165, 1.54) is 0 Å². The number of thioether (sulfide) groups is 1. The number of benzene rings is 2. The zero-order chi connectivity index (χ0) is 18.5. The molecule has 0 saturated carbocycles. The Bertz CT molecular complexity index is 964. The molecule has 1 heterocycles. The number of para-hydroxylation sites is 3. The summed E-state index contributed by atoms with van der Waals surface area (Å²) in [5, 5.41) is 2.94. The second-order valence-corrected chi connectivity index (χ2v) is 6.82. The molecule has 0 bridgehead atoms. The molecule has 0 aliphatic carbocycles. The van der Waals surface area contributed by atoms with E-state index in [4.69, 9.17) is 4.42 Å². The predicted molar refractivity (Wildman–Crippen MR) is 105 cm³/mol. The highest BCUT2D eigenvalue weighted by molar-refractivity contribution is 7.98. The van der Waals surface area contributed by atoms with Crippen LogP contribution in [0, 0.1) is 0 Å². The van der Waals surface area contributed by atoms with Crippen LogP contribution in [0.3, 0.4) is 0 Å². The number of amides is 1. The van der Waals surface area contributed by atoms with E-state index < -0.39 is 0 Å². The van der Waals surface area contributed by atoms with Crippen LogP contribution in [0.4, 0.5) is 5.69 Å². The van der Waals surface area contributed by atoms with Crippen molar-refractivity contribution in [3.8, 4) is 0 Å². The second-order valence-electron chi connectivity index (χ2n) is 5.97. The number of nitrogens with zero attached hydrogens (tertiary/aromatic N) is 2. The molecule has 0 aliphatic rings. The van der Waals surface area contributed by atoms with Gasteiger partial charge in [-0.3, -0.25) is 14.3 Å². The van der Waals surface area contributed by atoms with Crippen LogP contribution in [0.15, 0.2) is 62.6 Å². The standard InChI is InChI=1S/C19H21N3O3S/c1-21(13-18(23)20-14-7-3-6-10-17(14)26-2)11-12-22-15-8-4-5-9-16(15)25-19(22)24/h3-10H,11-13H2,1-2H3,(H,20,23). The molecule has 2 aromatic carbocycles. The zero-order valence-electron chi connectivity index (χ0n) is 14.8. The lowest BCUT2D eigenvalue weighted by molar-refractivity contribution is -0.117. The van der Waals surface area contributed by atoms with Gasteiger partial charge in [-0.25, -0.2) is 4.79 Å². The van der Waals surface area contributed by atoms with E-state index in [0.29, 0.717) is 18.7 Å². The molecule has 3 rings (SSSR count). The molecular weight excluding hydrogens is 350 g/mol. The molecule has 1 aromatic heterocycles. The summed E-state index contributed by atoms with van der Waals surface area (Å²) in [7, 11) is 1.85. The molecule has 3 aromatic rings. The Balaban J connectivity index is 1.58. The van der Waals surface area contributed by atoms with Gasteiger partial charge < -0.3 is 9.73 Å². The molecule has 1 N–H and O–H groups in total. The number of aromatic nitrogens is 1. The fourth-order valence-corrected chi connectivity index (χ4v) is 3.31. The fourth-order valence-electron chi connectivity index (χ4n) is 2.76. The molecule has 0 aliphatic heterocycles. The van der Waals surface area contributed by atoms with E-state index in [2.05, 4.69) is 5.32 Å². The van der Waals surface area contributed by atoms with Crippen molar-refractivity contribution in [3.63, 3.8) is 0 Å². The minimum absolute atomic E-state index is 0.0848. The van der Waals surface area contributed by atoms with Gasteiger partial charge in [0.25, 0.3) is 0 Å². The van der Waals surface area contributed by atoms with Gasteiger partial charge in [0.1, 0.15) is 0 Å². The van der Waals surface area contributed by atoms with E-state index in [0.717, 1.165) is 16.1 Å². The number of hydrogen-bond donors (Lipinski definition) is 1. The summed E-state index contributed by atoms with van der Waals surface area (Å²) in [6.45, 7) is 1.26. The fraction of sp³-hybridized carbons (Fsp3) is 0.263. The quantitative estimate of drug-likeness (QED) is 0.647. The first kappa shape index (κ1) is 18.3. The van der Waals surface area contributed by atoms with Crippen molar-refractivity contribution in [2.45, 2.75) is 11.4 Å². The van der Waals surface area contributed by atoms with Gasteiger partial charge in [-0.2, -0.15) is 0 Å². The highest BCUT2D eigenvalue weighted by atomic mass is 32.2. The molecule has 0 fully saturated rings. The van der Waals surface area contributed by atoms with E-state index in [1.807, 2.05) is 60.7 Å². The van der Waals surface area contributed by atoms with Crippen molar-refractivity contribution in [2.24, 2.45) is 0 Å². The van der Waals surface area contributed by atoms with Crippen LogP contribution >= 0.6 is 11.8 Å². The molecule has 0 saturated heterocycles. The first-order chi connectivity index (χ1) is 12.6. The predicted octanol–water partition coefficient (Wildman–Crippen LogP) is 2.89. The topological polar surface area (TPSA) is 67.5 Å². The van der Waals surface area contributed by atoms with Gasteiger partial charge in [0, 0.05) is 18.0 Å². The van der Waals surface area contributed by atoms with Gasteiger partial charge in [-0.1, -0.05) is 24.3 Å². The monoisotopic (exact) mass is 371 g/mol. The summed E-state index contributed by atoms with van der Waals surface area (Å²) in [4.78, 5) is 27.2. The summed E-state index contributed by atoms with van der Waals surface area (Å²) in [6, 6.07) is 15.0. The number of rotatable bonds is 7. The Labute approximate surface area is 155 Å². The average molecular weight is 371 g/mol. The number of likely N-dealkylation sites (N-methyl/N-ethyl adjacent to an activating group) is 1. The number of carbonyl (C=O) groups is 1. The largest absolute Gasteiger partial charge is 0.419 e. The number of anilines is 1. The molecule has 0 atom stereocenters. The SMILES string of the molecule is CSc1ccccc1NC(=O)CN(C)CCn1c(=O)oc2ccccc21. The first-order valence-corrected chi connectivity index (χ1v) is 9.50. The van der Waals surface area contributed by atoms with Gasteiger partial charge in [0.05, 0.1) is 17.7 Å². The maximum absolute atomic E-state index is 12.3. The minimum Gasteiger partial charge on any atom is -0.408 e. The first-order valence-electron chi connectivity index (χ1n) is 8.28. The second kappa shape index (κ2) is 8.25. The minimum atomic E-state index is -0.377. The molecule has 0 radical (unpaired) electrons. The molecule has 0 unspecified atom stereocenters. The lowest BCUT2D eigenvalue weighted by Gasteiger charge is -2.17. The van der Waals surface area contributed by atoms with Crippen LogP contribution in [0.2, 0.25) is 0 Å². The van der Waals surface area contributed by atoms with Crippen molar-refractivity contribution in [2.75, 3.05) is 31.7 Å². The van der Waals surface area contributed by atoms with Crippen molar-refractivity contribution in [3.05, 3.63) is 59.1 Å². The maximum atomic E-state index is 12.3. The van der Waals surface area contributed by atoms with E-state index in [1.54, 1.807) is 22.4 Å². The molecule has 1 amide bonds. The molecule has 26 heavy (non-hydrogen) atoms. The summed E-state index contributed by atoms with van der Waals surface area (Å²) in [5.41, 5.74) is 2.16. The van der Waals surface area contributed by atoms with Crippen LogP contribution in [-0.2, 0) is 11.3 Å². The zero-order valence-corrected chi connectivity index (χ0v) is 15.6. The molecule has 136 valence electrons. The number of nitrogens with one attached hydrogen (secondary N) is 1. The number of carbonyl (C=O) groups excluding carboxylic acids is 1. The summed E-state index contributed by atoms with van der Waals surface area (Å²) < 4.78 is 6.81. The van der Waals surface area contributed by atoms with Crippen LogP contribution in [0.25, 0.3) is 11.1 Å². The summed E-state index contributed by atoms with van der Waals surface area (Å²) in [6.07, 6.45) is 1.98. The number of oxazole rings is 1. The lowest BCUT2D eigenvalue weighted by Crippen LogP contribution is -2.33. The average Bonchev–Trinajstić information content (AvgIpc) is 2.95. The summed E-state index contributed by atoms with van der Waals surface area (Å²) in [5.74, 6) is -0.462. The van der Waals surface area contributed by atoms with Crippen molar-refractivity contribution in [1.82, 2.24) is 9.47 Å². The maximum Gasteiger partial charge on any atom is 0.419 e. The third-order valence-electron chi connectivity index (χ3n) is 4.07. The van der Waals surface area contributed by atoms with E-state index >= 15 is 0 Å².